The third-order valence-electron chi connectivity index (χ3n) is 3.93. The van der Waals surface area contributed by atoms with Crippen LogP contribution < -0.4 is 0 Å². The monoisotopic (exact) mass is 374 g/mol. The largest absolute Gasteiger partial charge is 0.392 e. The molecule has 2 aromatic rings. The second kappa shape index (κ2) is 7.48. The lowest BCUT2D eigenvalue weighted by Crippen LogP contribution is -2.24. The number of aliphatic hydroxyl groups is 1. The Labute approximate surface area is 149 Å². The van der Waals surface area contributed by atoms with E-state index in [9.17, 15) is 13.7 Å². The summed E-state index contributed by atoms with van der Waals surface area (Å²) in [6.07, 6.45) is 2.77. The van der Waals surface area contributed by atoms with Crippen LogP contribution in [0.25, 0.3) is 11.1 Å². The van der Waals surface area contributed by atoms with Crippen molar-refractivity contribution in [2.45, 2.75) is 37.2 Å². The van der Waals surface area contributed by atoms with Gasteiger partial charge < -0.3 is 5.11 Å². The number of sulfone groups is 1. The predicted molar refractivity (Wildman–Crippen MR) is 101 cm³/mol. The first-order valence-electron chi connectivity index (χ1n) is 7.99. The van der Waals surface area contributed by atoms with Crippen molar-refractivity contribution in [2.75, 3.05) is 5.75 Å². The quantitative estimate of drug-likeness (QED) is 0.784. The Bertz CT molecular complexity index is 895. The van der Waals surface area contributed by atoms with Crippen LogP contribution in [0.4, 0.5) is 0 Å². The van der Waals surface area contributed by atoms with Gasteiger partial charge in [-0.15, -0.1) is 0 Å². The molecular weight excluding hydrogens is 352 g/mol. The van der Waals surface area contributed by atoms with Crippen molar-refractivity contribution in [1.82, 2.24) is 4.98 Å². The van der Waals surface area contributed by atoms with Gasteiger partial charge in [-0.1, -0.05) is 43.9 Å². The van der Waals surface area contributed by atoms with Gasteiger partial charge in [-0.05, 0) is 17.2 Å². The number of hydrogen-bond donors (Lipinski definition) is 1. The Morgan fingerprint density at radius 1 is 1.16 bits per heavy atom. The Morgan fingerprint density at radius 3 is 2.32 bits per heavy atom. The van der Waals surface area contributed by atoms with E-state index in [1.165, 1.54) is 12.4 Å². The smallest absolute Gasteiger partial charge is 0.180 e. The lowest BCUT2D eigenvalue weighted by molar-refractivity contribution is 0.282. The minimum absolute atomic E-state index is 0.00279. The van der Waals surface area contributed by atoms with Crippen LogP contribution in [0.5, 0.6) is 0 Å². The zero-order valence-corrected chi connectivity index (χ0v) is 16.5. The first-order valence-corrected chi connectivity index (χ1v) is 13.3. The van der Waals surface area contributed by atoms with E-state index in [0.717, 1.165) is 5.56 Å². The third kappa shape index (κ3) is 4.75. The highest BCUT2D eigenvalue weighted by Crippen LogP contribution is 2.29. The molecule has 132 valence electrons. The molecule has 0 saturated carbocycles. The van der Waals surface area contributed by atoms with E-state index in [1.807, 2.05) is 6.07 Å². The van der Waals surface area contributed by atoms with Crippen LogP contribution >= 0.6 is 0 Å². The lowest BCUT2D eigenvalue weighted by atomic mass is 10.0. The molecule has 1 aromatic heterocycles. The summed E-state index contributed by atoms with van der Waals surface area (Å²) in [6, 6.07) is 9.65. The average molecular weight is 375 g/mol. The molecule has 1 heterocycles. The van der Waals surface area contributed by atoms with Crippen molar-refractivity contribution in [3.63, 3.8) is 0 Å². The van der Waals surface area contributed by atoms with Crippen molar-refractivity contribution < 1.29 is 13.5 Å². The zero-order chi connectivity index (χ0) is 18.7. The molecule has 1 aromatic carbocycles. The van der Waals surface area contributed by atoms with Crippen molar-refractivity contribution in [2.24, 2.45) is 0 Å². The van der Waals surface area contributed by atoms with Crippen LogP contribution in [0.2, 0.25) is 25.7 Å². The van der Waals surface area contributed by atoms with Gasteiger partial charge in [-0.2, -0.15) is 5.26 Å². The highest BCUT2D eigenvalue weighted by molar-refractivity contribution is 7.91. The van der Waals surface area contributed by atoms with Crippen molar-refractivity contribution in [3.8, 4) is 17.2 Å². The van der Waals surface area contributed by atoms with Crippen LogP contribution in [-0.4, -0.2) is 32.3 Å². The number of rotatable bonds is 6. The fourth-order valence-corrected chi connectivity index (χ4v) is 6.78. The van der Waals surface area contributed by atoms with Gasteiger partial charge >= 0.3 is 0 Å². The van der Waals surface area contributed by atoms with E-state index in [1.54, 1.807) is 24.3 Å². The topological polar surface area (TPSA) is 91.1 Å². The fraction of sp³-hybridized carbons (Fsp3) is 0.333. The maximum absolute atomic E-state index is 12.7. The maximum Gasteiger partial charge on any atom is 0.180 e. The summed E-state index contributed by atoms with van der Waals surface area (Å²) < 4.78 is 25.5. The molecule has 0 radical (unpaired) electrons. The van der Waals surface area contributed by atoms with Crippen molar-refractivity contribution in [3.05, 3.63) is 47.8 Å². The number of pyridine rings is 1. The summed E-state index contributed by atoms with van der Waals surface area (Å²) in [6.45, 7) is 6.27. The third-order valence-corrected chi connectivity index (χ3v) is 7.76. The fourth-order valence-electron chi connectivity index (χ4n) is 2.35. The zero-order valence-electron chi connectivity index (χ0n) is 14.7. The van der Waals surface area contributed by atoms with Gasteiger partial charge in [0.15, 0.2) is 9.84 Å². The van der Waals surface area contributed by atoms with E-state index in [2.05, 4.69) is 24.6 Å². The van der Waals surface area contributed by atoms with E-state index >= 15 is 0 Å². The number of nitriles is 1. The summed E-state index contributed by atoms with van der Waals surface area (Å²) >= 11 is 0. The van der Waals surface area contributed by atoms with E-state index < -0.39 is 17.9 Å². The molecule has 0 saturated heterocycles. The number of benzene rings is 1. The van der Waals surface area contributed by atoms with E-state index in [0.29, 0.717) is 17.2 Å². The standard InChI is InChI=1S/C18H22N2O3SSi/c1-25(2,3)9-8-24(22,23)18-12-20-11-17(16(18)10-19)15-6-4-14(13-21)5-7-15/h4-7,11-12,21H,8-9,13H2,1-3H3. The molecule has 5 nitrogen and oxygen atoms in total. The van der Waals surface area contributed by atoms with Gasteiger partial charge in [0, 0.05) is 26.0 Å². The summed E-state index contributed by atoms with van der Waals surface area (Å²) in [7, 11) is -5.09. The molecular formula is C18H22N2O3SSi. The molecule has 2 rings (SSSR count). The lowest BCUT2D eigenvalue weighted by Gasteiger charge is -2.16. The number of hydrogen-bond acceptors (Lipinski definition) is 5. The molecule has 1 N–H and O–H groups in total. The number of aromatic nitrogens is 1. The SMILES string of the molecule is C[Si](C)(C)CCS(=O)(=O)c1cncc(-c2ccc(CO)cc2)c1C#N. The first-order chi connectivity index (χ1) is 11.7. The van der Waals surface area contributed by atoms with Gasteiger partial charge in [0.25, 0.3) is 0 Å². The van der Waals surface area contributed by atoms with Crippen molar-refractivity contribution in [1.29, 1.82) is 5.26 Å². The van der Waals surface area contributed by atoms with Crippen LogP contribution in [0, 0.1) is 11.3 Å². The normalized spacial score (nSPS) is 12.0. The molecule has 0 amide bonds. The van der Waals surface area contributed by atoms with Crippen LogP contribution in [0.1, 0.15) is 11.1 Å². The molecule has 7 heteroatoms. The molecule has 0 atom stereocenters. The average Bonchev–Trinajstić information content (AvgIpc) is 2.59. The number of nitrogens with zero attached hydrogens (tertiary/aromatic N) is 2. The summed E-state index contributed by atoms with van der Waals surface area (Å²) in [4.78, 5) is 4.05. The Morgan fingerprint density at radius 2 is 1.80 bits per heavy atom. The van der Waals surface area contributed by atoms with E-state index in [-0.39, 0.29) is 22.8 Å². The molecule has 0 aliphatic carbocycles. The Balaban J connectivity index is 2.49. The van der Waals surface area contributed by atoms with Crippen LogP contribution in [0.15, 0.2) is 41.6 Å². The molecule has 25 heavy (non-hydrogen) atoms. The van der Waals surface area contributed by atoms with Crippen molar-refractivity contribution >= 4 is 17.9 Å². The molecule has 0 aliphatic heterocycles. The van der Waals surface area contributed by atoms with Crippen LogP contribution in [-0.2, 0) is 16.4 Å². The highest BCUT2D eigenvalue weighted by Gasteiger charge is 2.25. The van der Waals surface area contributed by atoms with Crippen LogP contribution in [0.3, 0.4) is 0 Å². The number of aliphatic hydroxyl groups excluding tert-OH is 1. The summed E-state index contributed by atoms with van der Waals surface area (Å²) in [5.41, 5.74) is 2.06. The highest BCUT2D eigenvalue weighted by atomic mass is 32.2. The Kier molecular flexibility index (Phi) is 5.78. The van der Waals surface area contributed by atoms with Gasteiger partial charge in [0.05, 0.1) is 17.9 Å². The Hall–Kier alpha value is -2.01. The van der Waals surface area contributed by atoms with Gasteiger partial charge in [-0.25, -0.2) is 8.42 Å². The second-order valence-corrected chi connectivity index (χ2v) is 14.9. The van der Waals surface area contributed by atoms with E-state index in [4.69, 9.17) is 5.11 Å². The van der Waals surface area contributed by atoms with Gasteiger partial charge in [0.2, 0.25) is 0 Å². The second-order valence-electron chi connectivity index (χ2n) is 7.16. The maximum atomic E-state index is 12.7. The molecule has 0 bridgehead atoms. The first kappa shape index (κ1) is 19.3. The summed E-state index contributed by atoms with van der Waals surface area (Å²) in [5, 5.41) is 18.7. The van der Waals surface area contributed by atoms with Gasteiger partial charge in [0.1, 0.15) is 11.0 Å². The molecule has 0 fully saturated rings. The minimum Gasteiger partial charge on any atom is -0.392 e. The van der Waals surface area contributed by atoms with Gasteiger partial charge in [-0.3, -0.25) is 4.98 Å². The molecule has 0 aliphatic rings. The molecule has 0 unspecified atom stereocenters. The molecule has 0 spiro atoms. The minimum atomic E-state index is -3.57. The summed E-state index contributed by atoms with van der Waals surface area (Å²) in [5.74, 6) is 0.0337. The predicted octanol–water partition coefficient (Wildman–Crippen LogP) is 3.22.